The summed E-state index contributed by atoms with van der Waals surface area (Å²) in [5, 5.41) is 0. The molecule has 0 radical (unpaired) electrons. The minimum Gasteiger partial charge on any atom is -0.496 e. The maximum atomic E-state index is 13.3. The molecule has 0 aromatic heterocycles. The van der Waals surface area contributed by atoms with Gasteiger partial charge in [0.2, 0.25) is 0 Å². The number of hydrogen-bond acceptors (Lipinski definition) is 2. The molecule has 0 amide bonds. The molecular weight excluding hydrogens is 226 g/mol. The standard InChI is InChI=1S/C10H11F4NO/c1-16-8-4-2-3-7(11)6(8)5-9(15)10(12,13)14/h2-4,9H,5,15H2,1H3. The molecule has 0 aliphatic carbocycles. The van der Waals surface area contributed by atoms with Gasteiger partial charge in [0.1, 0.15) is 17.6 Å². The van der Waals surface area contributed by atoms with Crippen LogP contribution in [0.2, 0.25) is 0 Å². The van der Waals surface area contributed by atoms with Crippen LogP contribution < -0.4 is 10.5 Å². The fourth-order valence-electron chi connectivity index (χ4n) is 1.26. The third-order valence-corrected chi connectivity index (χ3v) is 2.14. The number of hydrogen-bond donors (Lipinski definition) is 1. The Morgan fingerprint density at radius 3 is 2.50 bits per heavy atom. The van der Waals surface area contributed by atoms with Crippen LogP contribution in [0.3, 0.4) is 0 Å². The third kappa shape index (κ3) is 2.85. The quantitative estimate of drug-likeness (QED) is 0.818. The lowest BCUT2D eigenvalue weighted by molar-refractivity contribution is -0.147. The molecule has 0 saturated carbocycles. The van der Waals surface area contributed by atoms with Crippen LogP contribution in [-0.2, 0) is 6.42 Å². The fourth-order valence-corrected chi connectivity index (χ4v) is 1.26. The van der Waals surface area contributed by atoms with E-state index in [0.29, 0.717) is 0 Å². The largest absolute Gasteiger partial charge is 0.496 e. The van der Waals surface area contributed by atoms with Gasteiger partial charge in [0.25, 0.3) is 0 Å². The van der Waals surface area contributed by atoms with Crippen molar-refractivity contribution in [1.82, 2.24) is 0 Å². The van der Waals surface area contributed by atoms with Crippen molar-refractivity contribution < 1.29 is 22.3 Å². The highest BCUT2D eigenvalue weighted by Gasteiger charge is 2.37. The van der Waals surface area contributed by atoms with E-state index in [1.165, 1.54) is 19.2 Å². The highest BCUT2D eigenvalue weighted by atomic mass is 19.4. The number of nitrogens with two attached hydrogens (primary N) is 1. The lowest BCUT2D eigenvalue weighted by Gasteiger charge is -2.17. The summed E-state index contributed by atoms with van der Waals surface area (Å²) in [6.07, 6.45) is -5.19. The van der Waals surface area contributed by atoms with E-state index >= 15 is 0 Å². The molecule has 2 N–H and O–H groups in total. The van der Waals surface area contributed by atoms with Gasteiger partial charge in [0, 0.05) is 12.0 Å². The van der Waals surface area contributed by atoms with Gasteiger partial charge in [-0.1, -0.05) is 6.07 Å². The van der Waals surface area contributed by atoms with E-state index in [2.05, 4.69) is 0 Å². The Kier molecular flexibility index (Phi) is 3.74. The molecule has 6 heteroatoms. The van der Waals surface area contributed by atoms with Crippen LogP contribution in [0, 0.1) is 5.82 Å². The summed E-state index contributed by atoms with van der Waals surface area (Å²) in [6, 6.07) is 1.72. The van der Waals surface area contributed by atoms with Gasteiger partial charge in [-0.2, -0.15) is 13.2 Å². The zero-order valence-electron chi connectivity index (χ0n) is 8.51. The Hall–Kier alpha value is -1.30. The Balaban J connectivity index is 2.96. The molecule has 0 saturated heterocycles. The van der Waals surface area contributed by atoms with Crippen molar-refractivity contribution in [2.75, 3.05) is 7.11 Å². The van der Waals surface area contributed by atoms with Gasteiger partial charge >= 0.3 is 6.18 Å². The van der Waals surface area contributed by atoms with Crippen LogP contribution in [0.5, 0.6) is 5.75 Å². The van der Waals surface area contributed by atoms with Crippen LogP contribution >= 0.6 is 0 Å². The molecule has 1 unspecified atom stereocenters. The van der Waals surface area contributed by atoms with Crippen molar-refractivity contribution in [3.8, 4) is 5.75 Å². The maximum Gasteiger partial charge on any atom is 0.403 e. The van der Waals surface area contributed by atoms with Crippen LogP contribution in [0.4, 0.5) is 17.6 Å². The molecule has 1 rings (SSSR count). The monoisotopic (exact) mass is 237 g/mol. The van der Waals surface area contributed by atoms with Crippen molar-refractivity contribution >= 4 is 0 Å². The Labute approximate surface area is 90.0 Å². The lowest BCUT2D eigenvalue weighted by Crippen LogP contribution is -2.39. The van der Waals surface area contributed by atoms with E-state index in [9.17, 15) is 17.6 Å². The van der Waals surface area contributed by atoms with E-state index in [1.807, 2.05) is 0 Å². The first-order chi connectivity index (χ1) is 7.36. The predicted octanol–water partition coefficient (Wildman–Crippen LogP) is 2.27. The van der Waals surface area contributed by atoms with Gasteiger partial charge < -0.3 is 10.5 Å². The van der Waals surface area contributed by atoms with E-state index < -0.39 is 24.5 Å². The second-order valence-corrected chi connectivity index (χ2v) is 3.27. The predicted molar refractivity (Wildman–Crippen MR) is 50.7 cm³/mol. The number of rotatable bonds is 3. The number of halogens is 4. The van der Waals surface area contributed by atoms with Crippen molar-refractivity contribution in [2.45, 2.75) is 18.6 Å². The minimum absolute atomic E-state index is 0.0692. The SMILES string of the molecule is COc1cccc(F)c1CC(N)C(F)(F)F. The second-order valence-electron chi connectivity index (χ2n) is 3.27. The second kappa shape index (κ2) is 4.69. The molecule has 1 atom stereocenters. The third-order valence-electron chi connectivity index (χ3n) is 2.14. The average Bonchev–Trinajstić information content (AvgIpc) is 2.19. The molecule has 0 aliphatic heterocycles. The van der Waals surface area contributed by atoms with Gasteiger partial charge in [0.15, 0.2) is 0 Å². The first-order valence-corrected chi connectivity index (χ1v) is 4.50. The van der Waals surface area contributed by atoms with Crippen molar-refractivity contribution in [3.63, 3.8) is 0 Å². The fraction of sp³-hybridized carbons (Fsp3) is 0.400. The van der Waals surface area contributed by atoms with Crippen LogP contribution in [0.1, 0.15) is 5.56 Å². The topological polar surface area (TPSA) is 35.2 Å². The molecule has 0 fully saturated rings. The van der Waals surface area contributed by atoms with Gasteiger partial charge in [0.05, 0.1) is 7.11 Å². The number of benzene rings is 1. The molecule has 0 bridgehead atoms. The Morgan fingerprint density at radius 1 is 1.38 bits per heavy atom. The number of alkyl halides is 3. The minimum atomic E-state index is -4.55. The molecule has 16 heavy (non-hydrogen) atoms. The highest BCUT2D eigenvalue weighted by molar-refractivity contribution is 5.35. The zero-order valence-corrected chi connectivity index (χ0v) is 8.51. The first kappa shape index (κ1) is 12.8. The molecule has 0 aliphatic rings. The maximum absolute atomic E-state index is 13.3. The van der Waals surface area contributed by atoms with E-state index in [-0.39, 0.29) is 11.3 Å². The molecule has 0 spiro atoms. The summed E-state index contributed by atoms with van der Waals surface area (Å²) in [6.45, 7) is 0. The van der Waals surface area contributed by atoms with E-state index in [0.717, 1.165) is 6.07 Å². The molecule has 0 heterocycles. The number of methoxy groups -OCH3 is 1. The van der Waals surface area contributed by atoms with Crippen molar-refractivity contribution in [2.24, 2.45) is 5.73 Å². The molecule has 1 aromatic rings. The highest BCUT2D eigenvalue weighted by Crippen LogP contribution is 2.27. The summed E-state index contributed by atoms with van der Waals surface area (Å²) >= 11 is 0. The average molecular weight is 237 g/mol. The van der Waals surface area contributed by atoms with Gasteiger partial charge in [-0.25, -0.2) is 4.39 Å². The normalized spacial score (nSPS) is 13.6. The van der Waals surface area contributed by atoms with Gasteiger partial charge in [-0.05, 0) is 12.1 Å². The van der Waals surface area contributed by atoms with Crippen molar-refractivity contribution in [3.05, 3.63) is 29.6 Å². The molecule has 1 aromatic carbocycles. The summed E-state index contributed by atoms with van der Waals surface area (Å²) in [4.78, 5) is 0. The molecule has 90 valence electrons. The smallest absolute Gasteiger partial charge is 0.403 e. The summed E-state index contributed by atoms with van der Waals surface area (Å²) < 4.78 is 54.7. The molecular formula is C10H11F4NO. The summed E-state index contributed by atoms with van der Waals surface area (Å²) in [5.41, 5.74) is 4.77. The van der Waals surface area contributed by atoms with Crippen LogP contribution in [0.25, 0.3) is 0 Å². The van der Waals surface area contributed by atoms with Gasteiger partial charge in [-0.3, -0.25) is 0 Å². The van der Waals surface area contributed by atoms with E-state index in [1.54, 1.807) is 0 Å². The zero-order chi connectivity index (χ0) is 12.3. The summed E-state index contributed by atoms with van der Waals surface area (Å²) in [5.74, 6) is -0.682. The number of ether oxygens (including phenoxy) is 1. The lowest BCUT2D eigenvalue weighted by atomic mass is 10.0. The molecule has 2 nitrogen and oxygen atoms in total. The summed E-state index contributed by atoms with van der Waals surface area (Å²) in [7, 11) is 1.26. The van der Waals surface area contributed by atoms with Crippen LogP contribution in [0.15, 0.2) is 18.2 Å². The van der Waals surface area contributed by atoms with Crippen LogP contribution in [-0.4, -0.2) is 19.3 Å². The Bertz CT molecular complexity index is 364. The van der Waals surface area contributed by atoms with Crippen molar-refractivity contribution in [1.29, 1.82) is 0 Å². The first-order valence-electron chi connectivity index (χ1n) is 4.50. The van der Waals surface area contributed by atoms with Gasteiger partial charge in [-0.15, -0.1) is 0 Å². The Morgan fingerprint density at radius 2 is 2.00 bits per heavy atom. The van der Waals surface area contributed by atoms with E-state index in [4.69, 9.17) is 10.5 Å².